The quantitative estimate of drug-likeness (QED) is 0.640. The van der Waals surface area contributed by atoms with E-state index in [9.17, 15) is 0 Å². The number of nitrogens with one attached hydrogen (secondary N) is 2. The first-order valence-corrected chi connectivity index (χ1v) is 7.64. The van der Waals surface area contributed by atoms with Crippen LogP contribution in [0.25, 0.3) is 0 Å². The Balaban J connectivity index is 1.71. The van der Waals surface area contributed by atoms with Crippen molar-refractivity contribution in [2.24, 2.45) is 10.9 Å². The van der Waals surface area contributed by atoms with Gasteiger partial charge in [0.1, 0.15) is 5.76 Å². The van der Waals surface area contributed by atoms with E-state index in [-0.39, 0.29) is 0 Å². The van der Waals surface area contributed by atoms with Crippen LogP contribution in [-0.2, 0) is 11.3 Å². The van der Waals surface area contributed by atoms with Crippen molar-refractivity contribution in [1.82, 2.24) is 15.8 Å². The summed E-state index contributed by atoms with van der Waals surface area (Å²) in [5, 5.41) is 10.6. The lowest BCUT2D eigenvalue weighted by molar-refractivity contribution is 0.0643. The molecule has 0 aliphatic carbocycles. The third kappa shape index (κ3) is 4.74. The molecule has 118 valence electrons. The molecule has 21 heavy (non-hydrogen) atoms. The van der Waals surface area contributed by atoms with Crippen molar-refractivity contribution in [1.29, 1.82) is 0 Å². The van der Waals surface area contributed by atoms with Crippen molar-refractivity contribution in [3.8, 4) is 0 Å². The molecule has 6 nitrogen and oxygen atoms in total. The van der Waals surface area contributed by atoms with Gasteiger partial charge < -0.3 is 19.9 Å². The first-order chi connectivity index (χ1) is 10.2. The SMILES string of the molecule is CN=C(NCCC1CCOCC1)NCc1c(C)noc1C. The molecule has 1 aliphatic heterocycles. The highest BCUT2D eigenvalue weighted by Crippen LogP contribution is 2.17. The van der Waals surface area contributed by atoms with Crippen LogP contribution in [0.2, 0.25) is 0 Å². The lowest BCUT2D eigenvalue weighted by atomic mass is 9.97. The molecule has 2 rings (SSSR count). The molecule has 0 radical (unpaired) electrons. The van der Waals surface area contributed by atoms with E-state index in [1.165, 1.54) is 12.8 Å². The zero-order chi connectivity index (χ0) is 15.1. The van der Waals surface area contributed by atoms with E-state index < -0.39 is 0 Å². The molecule has 1 aliphatic rings. The summed E-state index contributed by atoms with van der Waals surface area (Å²) in [6, 6.07) is 0. The van der Waals surface area contributed by atoms with Crippen molar-refractivity contribution in [2.75, 3.05) is 26.8 Å². The van der Waals surface area contributed by atoms with E-state index in [0.717, 1.165) is 55.1 Å². The predicted octanol–water partition coefficient (Wildman–Crippen LogP) is 1.77. The Morgan fingerprint density at radius 3 is 2.67 bits per heavy atom. The molecule has 2 heterocycles. The summed E-state index contributed by atoms with van der Waals surface area (Å²) in [5.74, 6) is 2.45. The molecule has 0 atom stereocenters. The largest absolute Gasteiger partial charge is 0.381 e. The fraction of sp³-hybridized carbons (Fsp3) is 0.733. The number of aromatic nitrogens is 1. The van der Waals surface area contributed by atoms with Crippen LogP contribution in [0.5, 0.6) is 0 Å². The van der Waals surface area contributed by atoms with Crippen LogP contribution in [0.15, 0.2) is 9.52 Å². The number of rotatable bonds is 5. The van der Waals surface area contributed by atoms with E-state index in [0.29, 0.717) is 6.54 Å². The molecular weight excluding hydrogens is 268 g/mol. The monoisotopic (exact) mass is 294 g/mol. The molecule has 0 bridgehead atoms. The number of hydrogen-bond acceptors (Lipinski definition) is 4. The third-order valence-corrected chi connectivity index (χ3v) is 4.02. The van der Waals surface area contributed by atoms with Gasteiger partial charge >= 0.3 is 0 Å². The normalized spacial score (nSPS) is 17.0. The van der Waals surface area contributed by atoms with Crippen molar-refractivity contribution in [3.05, 3.63) is 17.0 Å². The Morgan fingerprint density at radius 2 is 2.05 bits per heavy atom. The maximum absolute atomic E-state index is 5.38. The van der Waals surface area contributed by atoms with Gasteiger partial charge in [0.2, 0.25) is 0 Å². The van der Waals surface area contributed by atoms with Gasteiger partial charge in [-0.2, -0.15) is 0 Å². The predicted molar refractivity (Wildman–Crippen MR) is 82.3 cm³/mol. The molecule has 0 unspecified atom stereocenters. The minimum Gasteiger partial charge on any atom is -0.381 e. The second-order valence-electron chi connectivity index (χ2n) is 5.50. The highest BCUT2D eigenvalue weighted by Gasteiger charge is 2.13. The van der Waals surface area contributed by atoms with Crippen LogP contribution >= 0.6 is 0 Å². The van der Waals surface area contributed by atoms with E-state index in [2.05, 4.69) is 20.8 Å². The standard InChI is InChI=1S/C15H26N4O2/c1-11-14(12(2)21-19-11)10-18-15(16-3)17-7-4-13-5-8-20-9-6-13/h13H,4-10H2,1-3H3,(H2,16,17,18). The average Bonchev–Trinajstić information content (AvgIpc) is 2.83. The van der Waals surface area contributed by atoms with E-state index >= 15 is 0 Å². The zero-order valence-corrected chi connectivity index (χ0v) is 13.2. The molecular formula is C15H26N4O2. The molecule has 0 saturated carbocycles. The first kappa shape index (κ1) is 15.8. The fourth-order valence-corrected chi connectivity index (χ4v) is 2.58. The second-order valence-corrected chi connectivity index (χ2v) is 5.50. The Hall–Kier alpha value is -1.56. The Kier molecular flexibility index (Phi) is 6.04. The molecule has 6 heteroatoms. The highest BCUT2D eigenvalue weighted by atomic mass is 16.5. The van der Waals surface area contributed by atoms with E-state index in [1.807, 2.05) is 13.8 Å². The summed E-state index contributed by atoms with van der Waals surface area (Å²) < 4.78 is 10.5. The minimum atomic E-state index is 0.679. The molecule has 1 aromatic rings. The van der Waals surface area contributed by atoms with Crippen molar-refractivity contribution in [2.45, 2.75) is 39.7 Å². The number of nitrogens with zero attached hydrogens (tertiary/aromatic N) is 2. The molecule has 2 N–H and O–H groups in total. The number of aryl methyl sites for hydroxylation is 2. The Bertz CT molecular complexity index is 445. The smallest absolute Gasteiger partial charge is 0.191 e. The second kappa shape index (κ2) is 8.02. The number of aliphatic imine (C=N–C) groups is 1. The van der Waals surface area contributed by atoms with Gasteiger partial charge in [0.25, 0.3) is 0 Å². The highest BCUT2D eigenvalue weighted by molar-refractivity contribution is 5.79. The van der Waals surface area contributed by atoms with Crippen molar-refractivity contribution in [3.63, 3.8) is 0 Å². The summed E-state index contributed by atoms with van der Waals surface area (Å²) in [7, 11) is 1.79. The fourth-order valence-electron chi connectivity index (χ4n) is 2.58. The lowest BCUT2D eigenvalue weighted by Crippen LogP contribution is -2.38. The van der Waals surface area contributed by atoms with Gasteiger partial charge in [-0.05, 0) is 39.0 Å². The Morgan fingerprint density at radius 1 is 1.29 bits per heavy atom. The summed E-state index contributed by atoms with van der Waals surface area (Å²) in [6.07, 6.45) is 3.51. The maximum Gasteiger partial charge on any atom is 0.191 e. The number of hydrogen-bond donors (Lipinski definition) is 2. The molecule has 0 amide bonds. The van der Waals surface area contributed by atoms with Gasteiger partial charge in [-0.15, -0.1) is 0 Å². The average molecular weight is 294 g/mol. The van der Waals surface area contributed by atoms with Crippen LogP contribution < -0.4 is 10.6 Å². The third-order valence-electron chi connectivity index (χ3n) is 4.02. The summed E-state index contributed by atoms with van der Waals surface area (Å²) in [4.78, 5) is 4.25. The topological polar surface area (TPSA) is 71.7 Å². The van der Waals surface area contributed by atoms with Crippen LogP contribution in [0.1, 0.15) is 36.3 Å². The van der Waals surface area contributed by atoms with Gasteiger partial charge in [0.15, 0.2) is 5.96 Å². The summed E-state index contributed by atoms with van der Waals surface area (Å²) in [5.41, 5.74) is 2.03. The molecule has 0 spiro atoms. The van der Waals surface area contributed by atoms with Crippen LogP contribution in [0.3, 0.4) is 0 Å². The van der Waals surface area contributed by atoms with E-state index in [4.69, 9.17) is 9.26 Å². The molecule has 1 aromatic heterocycles. The van der Waals surface area contributed by atoms with Crippen LogP contribution in [-0.4, -0.2) is 37.9 Å². The van der Waals surface area contributed by atoms with Crippen LogP contribution in [0.4, 0.5) is 0 Å². The van der Waals surface area contributed by atoms with Crippen molar-refractivity contribution >= 4 is 5.96 Å². The summed E-state index contributed by atoms with van der Waals surface area (Å²) >= 11 is 0. The molecule has 0 aromatic carbocycles. The van der Waals surface area contributed by atoms with Gasteiger partial charge in [-0.25, -0.2) is 0 Å². The number of guanidine groups is 1. The Labute approximate surface area is 126 Å². The van der Waals surface area contributed by atoms with Gasteiger partial charge in [0.05, 0.1) is 5.69 Å². The van der Waals surface area contributed by atoms with Crippen molar-refractivity contribution < 1.29 is 9.26 Å². The molecule has 1 fully saturated rings. The maximum atomic E-state index is 5.38. The summed E-state index contributed by atoms with van der Waals surface area (Å²) in [6.45, 7) is 7.31. The minimum absolute atomic E-state index is 0.679. The van der Waals surface area contributed by atoms with E-state index in [1.54, 1.807) is 7.05 Å². The lowest BCUT2D eigenvalue weighted by Gasteiger charge is -2.22. The zero-order valence-electron chi connectivity index (χ0n) is 13.2. The van der Waals surface area contributed by atoms with Gasteiger partial charge in [-0.1, -0.05) is 5.16 Å². The van der Waals surface area contributed by atoms with Gasteiger partial charge in [-0.3, -0.25) is 4.99 Å². The first-order valence-electron chi connectivity index (χ1n) is 7.64. The number of ether oxygens (including phenoxy) is 1. The van der Waals surface area contributed by atoms with Crippen LogP contribution in [0, 0.1) is 19.8 Å². The van der Waals surface area contributed by atoms with Gasteiger partial charge in [0, 0.05) is 38.9 Å². The molecule has 1 saturated heterocycles.